The molecule has 1 aliphatic heterocycles. The number of anilines is 2. The monoisotopic (exact) mass is 484 g/mol. The molecule has 2 N–H and O–H groups in total. The van der Waals surface area contributed by atoms with E-state index in [-0.39, 0.29) is 10.8 Å². The zero-order valence-corrected chi connectivity index (χ0v) is 19.7. The molecule has 0 saturated carbocycles. The predicted molar refractivity (Wildman–Crippen MR) is 131 cm³/mol. The van der Waals surface area contributed by atoms with Crippen LogP contribution in [0.3, 0.4) is 0 Å². The van der Waals surface area contributed by atoms with Crippen molar-refractivity contribution in [2.75, 3.05) is 29.5 Å². The lowest BCUT2D eigenvalue weighted by Crippen LogP contribution is -2.14. The molecule has 0 saturated heterocycles. The third kappa shape index (κ3) is 5.80. The lowest BCUT2D eigenvalue weighted by atomic mass is 10.1. The van der Waals surface area contributed by atoms with Gasteiger partial charge in [-0.25, -0.2) is 8.42 Å². The Morgan fingerprint density at radius 3 is 2.27 bits per heavy atom. The van der Waals surface area contributed by atoms with Gasteiger partial charge in [-0.05, 0) is 60.4 Å². The van der Waals surface area contributed by atoms with Crippen molar-refractivity contribution < 1.29 is 22.7 Å². The molecule has 0 atom stereocenters. The van der Waals surface area contributed by atoms with Crippen LogP contribution in [0.1, 0.15) is 22.3 Å². The summed E-state index contributed by atoms with van der Waals surface area (Å²) >= 11 is 1.72. The fourth-order valence-corrected chi connectivity index (χ4v) is 4.87. The number of amides is 1. The van der Waals surface area contributed by atoms with E-state index in [1.165, 1.54) is 12.1 Å². The predicted octanol–water partition coefficient (Wildman–Crippen LogP) is 4.76. The summed E-state index contributed by atoms with van der Waals surface area (Å²) in [5.74, 6) is 1.61. The van der Waals surface area contributed by atoms with Gasteiger partial charge in [0.2, 0.25) is 0 Å². The van der Waals surface area contributed by atoms with Gasteiger partial charge in [0.25, 0.3) is 15.9 Å². The lowest BCUT2D eigenvalue weighted by molar-refractivity contribution is 0.102. The van der Waals surface area contributed by atoms with Crippen LogP contribution in [0, 0.1) is 0 Å². The van der Waals surface area contributed by atoms with Crippen LogP contribution in [0.5, 0.6) is 11.5 Å². The molecule has 0 radical (unpaired) electrons. The van der Waals surface area contributed by atoms with Crippen LogP contribution in [-0.4, -0.2) is 33.8 Å². The zero-order chi connectivity index (χ0) is 23.3. The van der Waals surface area contributed by atoms with E-state index in [4.69, 9.17) is 9.47 Å². The van der Waals surface area contributed by atoms with Gasteiger partial charge in [0.05, 0.1) is 18.1 Å². The molecule has 1 amide bonds. The Morgan fingerprint density at radius 1 is 0.909 bits per heavy atom. The van der Waals surface area contributed by atoms with E-state index >= 15 is 0 Å². The SMILES string of the molecule is CSCc1ccc(C(=O)Nc2ccc(NS(=O)(=O)c3ccc4c(c3)OCCCO4)cc2)cc1. The summed E-state index contributed by atoms with van der Waals surface area (Å²) < 4.78 is 39.3. The van der Waals surface area contributed by atoms with E-state index in [0.29, 0.717) is 41.7 Å². The maximum atomic E-state index is 12.8. The average molecular weight is 485 g/mol. The molecule has 9 heteroatoms. The van der Waals surface area contributed by atoms with Crippen molar-refractivity contribution in [2.45, 2.75) is 17.1 Å². The summed E-state index contributed by atoms with van der Waals surface area (Å²) in [6, 6.07) is 18.5. The smallest absolute Gasteiger partial charge is 0.262 e. The minimum Gasteiger partial charge on any atom is -0.490 e. The molecule has 0 bridgehead atoms. The number of hydrogen-bond acceptors (Lipinski definition) is 6. The van der Waals surface area contributed by atoms with Crippen molar-refractivity contribution in [1.82, 2.24) is 0 Å². The van der Waals surface area contributed by atoms with Crippen molar-refractivity contribution in [1.29, 1.82) is 0 Å². The molecule has 33 heavy (non-hydrogen) atoms. The molecule has 1 heterocycles. The number of thioether (sulfide) groups is 1. The highest BCUT2D eigenvalue weighted by molar-refractivity contribution is 7.97. The van der Waals surface area contributed by atoms with E-state index in [1.807, 2.05) is 18.4 Å². The van der Waals surface area contributed by atoms with E-state index in [9.17, 15) is 13.2 Å². The van der Waals surface area contributed by atoms with E-state index in [0.717, 1.165) is 17.7 Å². The highest BCUT2D eigenvalue weighted by atomic mass is 32.2. The van der Waals surface area contributed by atoms with Gasteiger partial charge < -0.3 is 14.8 Å². The van der Waals surface area contributed by atoms with Crippen molar-refractivity contribution in [2.24, 2.45) is 0 Å². The molecule has 1 aliphatic rings. The first kappa shape index (κ1) is 23.0. The van der Waals surface area contributed by atoms with Crippen LogP contribution in [-0.2, 0) is 15.8 Å². The number of fused-ring (bicyclic) bond motifs is 1. The fraction of sp³-hybridized carbons (Fsp3) is 0.208. The van der Waals surface area contributed by atoms with Crippen LogP contribution in [0.25, 0.3) is 0 Å². The van der Waals surface area contributed by atoms with Crippen LogP contribution < -0.4 is 19.5 Å². The number of carbonyl (C=O) groups is 1. The van der Waals surface area contributed by atoms with E-state index in [2.05, 4.69) is 10.0 Å². The molecule has 172 valence electrons. The third-order valence-electron chi connectivity index (χ3n) is 4.95. The van der Waals surface area contributed by atoms with E-state index in [1.54, 1.807) is 54.2 Å². The molecule has 3 aromatic carbocycles. The van der Waals surface area contributed by atoms with E-state index < -0.39 is 10.0 Å². The second-order valence-corrected chi connectivity index (χ2v) is 9.97. The fourth-order valence-electron chi connectivity index (χ4n) is 3.27. The molecule has 0 spiro atoms. The maximum absolute atomic E-state index is 12.8. The van der Waals surface area contributed by atoms with Gasteiger partial charge in [-0.3, -0.25) is 9.52 Å². The van der Waals surface area contributed by atoms with Gasteiger partial charge in [0.15, 0.2) is 11.5 Å². The van der Waals surface area contributed by atoms with Crippen LogP contribution >= 0.6 is 11.8 Å². The van der Waals surface area contributed by atoms with Crippen LogP contribution in [0.15, 0.2) is 71.6 Å². The Kier molecular flexibility index (Phi) is 7.10. The molecular formula is C24H24N2O5S2. The normalized spacial score (nSPS) is 13.1. The number of ether oxygens (including phenoxy) is 2. The molecule has 3 aromatic rings. The minimum atomic E-state index is -3.82. The Morgan fingerprint density at radius 2 is 1.58 bits per heavy atom. The number of sulfonamides is 1. The zero-order valence-electron chi connectivity index (χ0n) is 18.0. The number of hydrogen-bond donors (Lipinski definition) is 2. The molecule has 0 unspecified atom stereocenters. The largest absolute Gasteiger partial charge is 0.490 e. The second kappa shape index (κ2) is 10.2. The topological polar surface area (TPSA) is 93.7 Å². The Balaban J connectivity index is 1.41. The Bertz CT molecular complexity index is 1230. The summed E-state index contributed by atoms with van der Waals surface area (Å²) in [7, 11) is -3.82. The molecule has 7 nitrogen and oxygen atoms in total. The van der Waals surface area contributed by atoms with Gasteiger partial charge in [-0.15, -0.1) is 0 Å². The van der Waals surface area contributed by atoms with Gasteiger partial charge in [-0.1, -0.05) is 12.1 Å². The van der Waals surface area contributed by atoms with Gasteiger partial charge in [0.1, 0.15) is 0 Å². The highest BCUT2D eigenvalue weighted by Crippen LogP contribution is 2.32. The maximum Gasteiger partial charge on any atom is 0.262 e. The van der Waals surface area contributed by atoms with Crippen LogP contribution in [0.2, 0.25) is 0 Å². The summed E-state index contributed by atoms with van der Waals surface area (Å²) in [6.07, 6.45) is 2.77. The molecule has 4 rings (SSSR count). The summed E-state index contributed by atoms with van der Waals surface area (Å²) in [5.41, 5.74) is 2.65. The molecule has 0 aromatic heterocycles. The minimum absolute atomic E-state index is 0.0778. The quantitative estimate of drug-likeness (QED) is 0.502. The van der Waals surface area contributed by atoms with Gasteiger partial charge in [-0.2, -0.15) is 11.8 Å². The first-order valence-electron chi connectivity index (χ1n) is 10.4. The van der Waals surface area contributed by atoms with Crippen molar-refractivity contribution in [3.63, 3.8) is 0 Å². The number of nitrogens with one attached hydrogen (secondary N) is 2. The van der Waals surface area contributed by atoms with Gasteiger partial charge >= 0.3 is 0 Å². The Hall–Kier alpha value is -3.17. The third-order valence-corrected chi connectivity index (χ3v) is 6.95. The molecular weight excluding hydrogens is 460 g/mol. The second-order valence-electron chi connectivity index (χ2n) is 7.43. The first-order chi connectivity index (χ1) is 15.9. The average Bonchev–Trinajstić information content (AvgIpc) is 3.06. The molecule has 0 fully saturated rings. The van der Waals surface area contributed by atoms with Crippen molar-refractivity contribution >= 4 is 39.1 Å². The summed E-state index contributed by atoms with van der Waals surface area (Å²) in [6.45, 7) is 1.00. The summed E-state index contributed by atoms with van der Waals surface area (Å²) in [5, 5.41) is 2.82. The van der Waals surface area contributed by atoms with Crippen molar-refractivity contribution in [3.05, 3.63) is 77.9 Å². The number of rotatable bonds is 7. The van der Waals surface area contributed by atoms with Gasteiger partial charge in [0, 0.05) is 35.2 Å². The highest BCUT2D eigenvalue weighted by Gasteiger charge is 2.19. The number of benzene rings is 3. The summed E-state index contributed by atoms with van der Waals surface area (Å²) in [4.78, 5) is 12.6. The standard InChI is InChI=1S/C24H24N2O5S2/c1-32-16-17-3-5-18(6-4-17)24(27)25-19-7-9-20(10-8-19)26-33(28,29)21-11-12-22-23(15-21)31-14-2-13-30-22/h3-12,15,26H,2,13-14,16H2,1H3,(H,25,27). The first-order valence-corrected chi connectivity index (χ1v) is 13.2. The molecule has 0 aliphatic carbocycles. The van der Waals surface area contributed by atoms with Crippen molar-refractivity contribution in [3.8, 4) is 11.5 Å². The lowest BCUT2D eigenvalue weighted by Gasteiger charge is -2.12. The van der Waals surface area contributed by atoms with Crippen LogP contribution in [0.4, 0.5) is 11.4 Å². The number of carbonyl (C=O) groups excluding carboxylic acids is 1. The Labute approximate surface area is 197 Å².